The minimum Gasteiger partial charge on any atom is -0.481 e. The molecule has 0 amide bonds. The van der Waals surface area contributed by atoms with Crippen LogP contribution in [0.25, 0.3) is 0 Å². The van der Waals surface area contributed by atoms with Gasteiger partial charge in [0.25, 0.3) is 0 Å². The molecule has 2 aromatic carbocycles. The molecular formula is C20H24FNO4S. The molecular weight excluding hydrogens is 369 g/mol. The first-order chi connectivity index (χ1) is 12.9. The molecule has 0 aliphatic heterocycles. The van der Waals surface area contributed by atoms with Crippen molar-refractivity contribution in [3.63, 3.8) is 0 Å². The molecule has 0 aliphatic carbocycles. The van der Waals surface area contributed by atoms with Crippen LogP contribution in [0.1, 0.15) is 50.1 Å². The molecule has 1 atom stereocenters. The smallest absolute Gasteiger partial charge is 0.303 e. The molecule has 7 heteroatoms. The predicted molar refractivity (Wildman–Crippen MR) is 101 cm³/mol. The molecule has 0 radical (unpaired) electrons. The Morgan fingerprint density at radius 2 is 1.59 bits per heavy atom. The number of carboxylic acid groups (broad SMARTS) is 1. The van der Waals surface area contributed by atoms with E-state index in [0.29, 0.717) is 18.4 Å². The van der Waals surface area contributed by atoms with Crippen LogP contribution in [0.4, 0.5) is 4.39 Å². The number of sulfonamides is 1. The number of rotatable bonds is 11. The van der Waals surface area contributed by atoms with Gasteiger partial charge in [0.1, 0.15) is 5.82 Å². The zero-order valence-electron chi connectivity index (χ0n) is 15.0. The lowest BCUT2D eigenvalue weighted by molar-refractivity contribution is -0.137. The molecule has 146 valence electrons. The van der Waals surface area contributed by atoms with Crippen molar-refractivity contribution in [2.75, 3.05) is 0 Å². The molecule has 5 nitrogen and oxygen atoms in total. The van der Waals surface area contributed by atoms with Gasteiger partial charge < -0.3 is 5.11 Å². The summed E-state index contributed by atoms with van der Waals surface area (Å²) in [4.78, 5) is 10.7. The highest BCUT2D eigenvalue weighted by Crippen LogP contribution is 2.23. The van der Waals surface area contributed by atoms with Crippen LogP contribution in [0.3, 0.4) is 0 Å². The van der Waals surface area contributed by atoms with Crippen LogP contribution >= 0.6 is 0 Å². The van der Waals surface area contributed by atoms with Crippen molar-refractivity contribution < 1.29 is 22.7 Å². The van der Waals surface area contributed by atoms with Crippen LogP contribution in [0.2, 0.25) is 0 Å². The third-order valence-corrected chi connectivity index (χ3v) is 5.74. The maximum absolute atomic E-state index is 13.2. The Kier molecular flexibility index (Phi) is 7.94. The fraction of sp³-hybridized carbons (Fsp3) is 0.350. The number of halogens is 1. The SMILES string of the molecule is O=C(O)CCCCCCC(NS(=O)(=O)c1ccccc1)c1ccc(F)cc1. The number of benzene rings is 2. The lowest BCUT2D eigenvalue weighted by atomic mass is 10.0. The molecule has 1 unspecified atom stereocenters. The molecule has 0 spiro atoms. The average Bonchev–Trinajstić information content (AvgIpc) is 2.64. The van der Waals surface area contributed by atoms with Crippen molar-refractivity contribution in [3.8, 4) is 0 Å². The van der Waals surface area contributed by atoms with E-state index in [4.69, 9.17) is 5.11 Å². The monoisotopic (exact) mass is 393 g/mol. The summed E-state index contributed by atoms with van der Waals surface area (Å²) < 4.78 is 41.2. The molecule has 2 rings (SSSR count). The largest absolute Gasteiger partial charge is 0.481 e. The summed E-state index contributed by atoms with van der Waals surface area (Å²) >= 11 is 0. The summed E-state index contributed by atoms with van der Waals surface area (Å²) in [5, 5.41) is 8.66. The quantitative estimate of drug-likeness (QED) is 0.559. The molecule has 0 saturated heterocycles. The Morgan fingerprint density at radius 1 is 0.963 bits per heavy atom. The highest BCUT2D eigenvalue weighted by Gasteiger charge is 2.21. The van der Waals surface area contributed by atoms with E-state index < -0.39 is 22.0 Å². The molecule has 0 heterocycles. The van der Waals surface area contributed by atoms with E-state index in [1.165, 1.54) is 24.3 Å². The van der Waals surface area contributed by atoms with Crippen molar-refractivity contribution in [1.29, 1.82) is 0 Å². The maximum atomic E-state index is 13.2. The molecule has 2 aromatic rings. The first kappa shape index (κ1) is 21.1. The number of nitrogens with one attached hydrogen (secondary N) is 1. The van der Waals surface area contributed by atoms with Crippen molar-refractivity contribution >= 4 is 16.0 Å². The third kappa shape index (κ3) is 7.11. The first-order valence-electron chi connectivity index (χ1n) is 8.93. The minimum absolute atomic E-state index is 0.141. The fourth-order valence-electron chi connectivity index (χ4n) is 2.82. The van der Waals surface area contributed by atoms with E-state index in [1.54, 1.807) is 30.3 Å². The fourth-order valence-corrected chi connectivity index (χ4v) is 4.10. The normalized spacial score (nSPS) is 12.6. The topological polar surface area (TPSA) is 83.5 Å². The van der Waals surface area contributed by atoms with Crippen LogP contribution in [0.5, 0.6) is 0 Å². The number of unbranched alkanes of at least 4 members (excludes halogenated alkanes) is 3. The van der Waals surface area contributed by atoms with Gasteiger partial charge in [-0.2, -0.15) is 0 Å². The number of carboxylic acids is 1. The Hall–Kier alpha value is -2.25. The molecule has 2 N–H and O–H groups in total. The van der Waals surface area contributed by atoms with Crippen molar-refractivity contribution in [1.82, 2.24) is 4.72 Å². The van der Waals surface area contributed by atoms with Crippen LogP contribution in [-0.2, 0) is 14.8 Å². The van der Waals surface area contributed by atoms with Gasteiger partial charge in [0.2, 0.25) is 10.0 Å². The highest BCUT2D eigenvalue weighted by atomic mass is 32.2. The van der Waals surface area contributed by atoms with Crippen LogP contribution in [0, 0.1) is 5.82 Å². The number of carbonyl (C=O) groups is 1. The zero-order valence-corrected chi connectivity index (χ0v) is 15.8. The summed E-state index contributed by atoms with van der Waals surface area (Å²) in [6, 6.07) is 13.4. The molecule has 0 aliphatic rings. The van der Waals surface area contributed by atoms with Gasteiger partial charge in [-0.25, -0.2) is 17.5 Å². The average molecular weight is 393 g/mol. The van der Waals surface area contributed by atoms with Crippen LogP contribution in [-0.4, -0.2) is 19.5 Å². The molecule has 27 heavy (non-hydrogen) atoms. The van der Waals surface area contributed by atoms with Gasteiger partial charge in [-0.15, -0.1) is 0 Å². The number of aliphatic carboxylic acids is 1. The Balaban J connectivity index is 2.04. The summed E-state index contributed by atoms with van der Waals surface area (Å²) in [6.07, 6.45) is 3.60. The molecule has 0 aromatic heterocycles. The molecule has 0 fully saturated rings. The van der Waals surface area contributed by atoms with Gasteiger partial charge in [-0.1, -0.05) is 49.6 Å². The summed E-state index contributed by atoms with van der Waals surface area (Å²) in [7, 11) is -3.70. The lowest BCUT2D eigenvalue weighted by Crippen LogP contribution is -2.28. The minimum atomic E-state index is -3.70. The van der Waals surface area contributed by atoms with E-state index >= 15 is 0 Å². The Morgan fingerprint density at radius 3 is 2.22 bits per heavy atom. The van der Waals surface area contributed by atoms with E-state index in [-0.39, 0.29) is 17.1 Å². The Bertz CT molecular complexity index is 823. The second-order valence-electron chi connectivity index (χ2n) is 6.39. The standard InChI is InChI=1S/C20H24FNO4S/c21-17-14-12-16(13-15-17)19(10-6-1-2-7-11-20(23)24)22-27(25,26)18-8-4-3-5-9-18/h3-5,8-9,12-15,19,22H,1-2,6-7,10-11H2,(H,23,24). The van der Waals surface area contributed by atoms with Crippen LogP contribution < -0.4 is 4.72 Å². The maximum Gasteiger partial charge on any atom is 0.303 e. The predicted octanol–water partition coefficient (Wildman–Crippen LogP) is 4.27. The van der Waals surface area contributed by atoms with Gasteiger partial charge in [0, 0.05) is 12.5 Å². The summed E-state index contributed by atoms with van der Waals surface area (Å²) in [5.74, 6) is -1.19. The number of hydrogen-bond acceptors (Lipinski definition) is 3. The number of hydrogen-bond donors (Lipinski definition) is 2. The highest BCUT2D eigenvalue weighted by molar-refractivity contribution is 7.89. The summed E-state index contributed by atoms with van der Waals surface area (Å²) in [6.45, 7) is 0. The van der Waals surface area contributed by atoms with Gasteiger partial charge in [-0.05, 0) is 42.7 Å². The van der Waals surface area contributed by atoms with E-state index in [2.05, 4.69) is 4.72 Å². The molecule has 0 saturated carbocycles. The van der Waals surface area contributed by atoms with E-state index in [0.717, 1.165) is 19.3 Å². The first-order valence-corrected chi connectivity index (χ1v) is 10.4. The van der Waals surface area contributed by atoms with Gasteiger partial charge >= 0.3 is 5.97 Å². The van der Waals surface area contributed by atoms with E-state index in [9.17, 15) is 17.6 Å². The second-order valence-corrected chi connectivity index (χ2v) is 8.10. The van der Waals surface area contributed by atoms with Crippen molar-refractivity contribution in [2.24, 2.45) is 0 Å². The zero-order chi connectivity index (χ0) is 19.7. The second kappa shape index (κ2) is 10.2. The van der Waals surface area contributed by atoms with Gasteiger partial charge in [-0.3, -0.25) is 4.79 Å². The molecule has 0 bridgehead atoms. The third-order valence-electron chi connectivity index (χ3n) is 4.26. The van der Waals surface area contributed by atoms with Crippen molar-refractivity contribution in [3.05, 3.63) is 66.0 Å². The lowest BCUT2D eigenvalue weighted by Gasteiger charge is -2.19. The van der Waals surface area contributed by atoms with Crippen LogP contribution in [0.15, 0.2) is 59.5 Å². The van der Waals surface area contributed by atoms with E-state index in [1.807, 2.05) is 0 Å². The Labute approximate surface area is 159 Å². The van der Waals surface area contributed by atoms with Gasteiger partial charge in [0.05, 0.1) is 4.90 Å². The van der Waals surface area contributed by atoms with Crippen molar-refractivity contribution in [2.45, 2.75) is 49.5 Å². The summed E-state index contributed by atoms with van der Waals surface area (Å²) in [5.41, 5.74) is 0.696. The van der Waals surface area contributed by atoms with Gasteiger partial charge in [0.15, 0.2) is 0 Å².